The molecule has 1 N–H and O–H groups in total. The molecular weight excluding hydrogens is 350 g/mol. The molecule has 5 rings (SSSR count). The number of H-pyrrole nitrogens is 1. The van der Waals surface area contributed by atoms with Gasteiger partial charge >= 0.3 is 0 Å². The molecule has 0 amide bonds. The van der Waals surface area contributed by atoms with Crippen molar-refractivity contribution in [3.63, 3.8) is 0 Å². The van der Waals surface area contributed by atoms with Crippen LogP contribution in [0.25, 0.3) is 11.4 Å². The van der Waals surface area contributed by atoms with E-state index in [9.17, 15) is 4.79 Å². The fourth-order valence-corrected chi connectivity index (χ4v) is 4.41. The number of nitrogens with zero attached hydrogens (tertiary/aromatic N) is 4. The van der Waals surface area contributed by atoms with E-state index in [1.165, 1.54) is 18.4 Å². The third-order valence-corrected chi connectivity index (χ3v) is 6.01. The van der Waals surface area contributed by atoms with E-state index in [0.717, 1.165) is 43.7 Å². The number of rotatable bonds is 5. The topological polar surface area (TPSA) is 66.8 Å². The van der Waals surface area contributed by atoms with E-state index in [1.54, 1.807) is 6.07 Å². The molecule has 3 aromatic rings. The van der Waals surface area contributed by atoms with Gasteiger partial charge in [0, 0.05) is 49.6 Å². The average molecular weight is 375 g/mol. The third-order valence-electron chi connectivity index (χ3n) is 6.01. The van der Waals surface area contributed by atoms with Gasteiger partial charge in [0.2, 0.25) is 0 Å². The van der Waals surface area contributed by atoms with Gasteiger partial charge in [-0.05, 0) is 24.5 Å². The number of benzene rings is 1. The molecule has 1 saturated heterocycles. The molecule has 3 heterocycles. The Morgan fingerprint density at radius 3 is 2.61 bits per heavy atom. The second-order valence-corrected chi connectivity index (χ2v) is 8.03. The van der Waals surface area contributed by atoms with Gasteiger partial charge in [0.15, 0.2) is 0 Å². The van der Waals surface area contributed by atoms with Crippen LogP contribution in [0.5, 0.6) is 0 Å². The monoisotopic (exact) mass is 375 g/mol. The van der Waals surface area contributed by atoms with Crippen molar-refractivity contribution < 1.29 is 0 Å². The van der Waals surface area contributed by atoms with Crippen LogP contribution in [0.15, 0.2) is 53.6 Å². The van der Waals surface area contributed by atoms with Crippen LogP contribution in [0, 0.1) is 0 Å². The lowest BCUT2D eigenvalue weighted by atomic mass is 10.0. The molecule has 1 aliphatic carbocycles. The molecule has 0 atom stereocenters. The van der Waals surface area contributed by atoms with Crippen LogP contribution in [0.1, 0.15) is 48.9 Å². The lowest BCUT2D eigenvalue weighted by molar-refractivity contribution is 0.0909. The quantitative estimate of drug-likeness (QED) is 0.743. The van der Waals surface area contributed by atoms with Crippen molar-refractivity contribution in [1.29, 1.82) is 0 Å². The van der Waals surface area contributed by atoms with E-state index < -0.39 is 0 Å². The van der Waals surface area contributed by atoms with Crippen molar-refractivity contribution in [3.8, 4) is 11.4 Å². The number of nitrogens with one attached hydrogen (secondary N) is 1. The number of likely N-dealkylation sites (tertiary alicyclic amines) is 1. The number of hydrogen-bond donors (Lipinski definition) is 1. The molecule has 1 aromatic carbocycles. The largest absolute Gasteiger partial charge is 0.307 e. The van der Waals surface area contributed by atoms with Crippen LogP contribution in [0.2, 0.25) is 0 Å². The lowest BCUT2D eigenvalue weighted by Gasteiger charge is -2.39. The molecule has 2 fully saturated rings. The summed E-state index contributed by atoms with van der Waals surface area (Å²) in [6.45, 7) is 2.99. The van der Waals surface area contributed by atoms with E-state index in [0.29, 0.717) is 17.8 Å². The zero-order valence-electron chi connectivity index (χ0n) is 15.9. The molecule has 0 unspecified atom stereocenters. The summed E-state index contributed by atoms with van der Waals surface area (Å²) in [4.78, 5) is 22.2. The summed E-state index contributed by atoms with van der Waals surface area (Å²) in [5.41, 5.74) is 3.14. The Morgan fingerprint density at radius 2 is 1.89 bits per heavy atom. The maximum absolute atomic E-state index is 12.1. The highest BCUT2D eigenvalue weighted by atomic mass is 16.1. The fraction of sp³-hybridized carbons (Fsp3) is 0.409. The Kier molecular flexibility index (Phi) is 4.56. The second kappa shape index (κ2) is 7.36. The standard InChI is InChI=1S/C22H25N5O/c28-21-12-20(17-4-1-2-5-17)24-22(25-21)18-8-6-16(7-9-18)13-26-14-19(15-26)27-11-3-10-23-27/h3,6-12,17,19H,1-2,4-5,13-15H2,(H,24,25,28). The SMILES string of the molecule is O=c1cc(C2CCCC2)nc(-c2ccc(CN3CC(n4cccn4)C3)cc2)[nH]1. The van der Waals surface area contributed by atoms with Crippen LogP contribution in [0.3, 0.4) is 0 Å². The first-order valence-electron chi connectivity index (χ1n) is 10.2. The molecule has 0 bridgehead atoms. The first-order valence-corrected chi connectivity index (χ1v) is 10.2. The summed E-state index contributed by atoms with van der Waals surface area (Å²) >= 11 is 0. The first-order chi connectivity index (χ1) is 13.7. The first kappa shape index (κ1) is 17.4. The smallest absolute Gasteiger partial charge is 0.251 e. The van der Waals surface area contributed by atoms with Crippen molar-refractivity contribution in [1.82, 2.24) is 24.6 Å². The molecule has 6 heteroatoms. The minimum atomic E-state index is -0.0544. The summed E-state index contributed by atoms with van der Waals surface area (Å²) in [6, 6.07) is 12.5. The predicted octanol–water partition coefficient (Wildman–Crippen LogP) is 3.35. The summed E-state index contributed by atoms with van der Waals surface area (Å²) in [7, 11) is 0. The highest BCUT2D eigenvalue weighted by Crippen LogP contribution is 2.33. The molecule has 6 nitrogen and oxygen atoms in total. The van der Waals surface area contributed by atoms with Gasteiger partial charge in [-0.3, -0.25) is 14.4 Å². The highest BCUT2D eigenvalue weighted by Gasteiger charge is 2.28. The summed E-state index contributed by atoms with van der Waals surface area (Å²) < 4.78 is 2.04. The second-order valence-electron chi connectivity index (χ2n) is 8.03. The van der Waals surface area contributed by atoms with Crippen molar-refractivity contribution in [3.05, 3.63) is 70.4 Å². The minimum Gasteiger partial charge on any atom is -0.307 e. The molecule has 0 spiro atoms. The van der Waals surface area contributed by atoms with E-state index in [-0.39, 0.29) is 5.56 Å². The van der Waals surface area contributed by atoms with E-state index in [1.807, 2.05) is 23.1 Å². The fourth-order valence-electron chi connectivity index (χ4n) is 4.41. The zero-order chi connectivity index (χ0) is 18.9. The number of aromatic amines is 1. The minimum absolute atomic E-state index is 0.0544. The van der Waals surface area contributed by atoms with Crippen LogP contribution in [-0.4, -0.2) is 37.7 Å². The van der Waals surface area contributed by atoms with Crippen LogP contribution >= 0.6 is 0 Å². The van der Waals surface area contributed by atoms with Crippen molar-refractivity contribution >= 4 is 0 Å². The normalized spacial score (nSPS) is 18.4. The maximum Gasteiger partial charge on any atom is 0.251 e. The Hall–Kier alpha value is -2.73. The maximum atomic E-state index is 12.1. The van der Waals surface area contributed by atoms with Crippen molar-refractivity contribution in [2.24, 2.45) is 0 Å². The zero-order valence-corrected chi connectivity index (χ0v) is 15.9. The molecule has 28 heavy (non-hydrogen) atoms. The number of hydrogen-bond acceptors (Lipinski definition) is 4. The van der Waals surface area contributed by atoms with Crippen LogP contribution in [0.4, 0.5) is 0 Å². The van der Waals surface area contributed by atoms with Gasteiger partial charge in [-0.15, -0.1) is 0 Å². The Labute approximate surface area is 164 Å². The van der Waals surface area contributed by atoms with Gasteiger partial charge in [-0.1, -0.05) is 37.1 Å². The van der Waals surface area contributed by atoms with Crippen molar-refractivity contribution in [2.45, 2.75) is 44.2 Å². The van der Waals surface area contributed by atoms with Gasteiger partial charge in [0.05, 0.1) is 11.7 Å². The van der Waals surface area contributed by atoms with Crippen LogP contribution < -0.4 is 5.56 Å². The van der Waals surface area contributed by atoms with Gasteiger partial charge in [-0.25, -0.2) is 4.98 Å². The van der Waals surface area contributed by atoms with Gasteiger partial charge in [-0.2, -0.15) is 5.10 Å². The molecule has 2 aliphatic rings. The van der Waals surface area contributed by atoms with Gasteiger partial charge < -0.3 is 4.98 Å². The third kappa shape index (κ3) is 3.52. The average Bonchev–Trinajstić information content (AvgIpc) is 3.38. The van der Waals surface area contributed by atoms with Crippen LogP contribution in [-0.2, 0) is 6.54 Å². The van der Waals surface area contributed by atoms with E-state index in [4.69, 9.17) is 4.98 Å². The van der Waals surface area contributed by atoms with Crippen molar-refractivity contribution in [2.75, 3.05) is 13.1 Å². The molecule has 1 saturated carbocycles. The van der Waals surface area contributed by atoms with E-state index >= 15 is 0 Å². The molecule has 144 valence electrons. The highest BCUT2D eigenvalue weighted by molar-refractivity contribution is 5.55. The van der Waals surface area contributed by atoms with Gasteiger partial charge in [0.1, 0.15) is 5.82 Å². The van der Waals surface area contributed by atoms with E-state index in [2.05, 4.69) is 39.2 Å². The Morgan fingerprint density at radius 1 is 1.11 bits per heavy atom. The molecule has 0 radical (unpaired) electrons. The molecule has 2 aromatic heterocycles. The Bertz CT molecular complexity index is 981. The lowest BCUT2D eigenvalue weighted by Crippen LogP contribution is -2.47. The number of aromatic nitrogens is 4. The molecular formula is C22H25N5O. The summed E-state index contributed by atoms with van der Waals surface area (Å²) in [5, 5.41) is 4.32. The predicted molar refractivity (Wildman–Crippen MR) is 108 cm³/mol. The molecule has 1 aliphatic heterocycles. The Balaban J connectivity index is 1.26. The summed E-state index contributed by atoms with van der Waals surface area (Å²) in [6.07, 6.45) is 8.63. The summed E-state index contributed by atoms with van der Waals surface area (Å²) in [5.74, 6) is 1.12. The van der Waals surface area contributed by atoms with Gasteiger partial charge in [0.25, 0.3) is 5.56 Å².